The van der Waals surface area contributed by atoms with Gasteiger partial charge in [0.25, 0.3) is 0 Å². The molecule has 11 aromatic carbocycles. The zero-order valence-electron chi connectivity index (χ0n) is 37.8. The van der Waals surface area contributed by atoms with Crippen LogP contribution in [0.2, 0.25) is 0 Å². The van der Waals surface area contributed by atoms with Gasteiger partial charge in [0.2, 0.25) is 0 Å². The zero-order chi connectivity index (χ0) is 45.5. The second kappa shape index (κ2) is 15.6. The van der Waals surface area contributed by atoms with Gasteiger partial charge in [0, 0.05) is 38.5 Å². The average Bonchev–Trinajstić information content (AvgIpc) is 4.06. The molecule has 0 saturated carbocycles. The number of rotatable bonds is 7. The first-order valence-corrected chi connectivity index (χ1v) is 23.9. The van der Waals surface area contributed by atoms with Crippen LogP contribution in [0.15, 0.2) is 267 Å². The predicted octanol–water partition coefficient (Wildman–Crippen LogP) is 17.2. The van der Waals surface area contributed by atoms with Crippen LogP contribution in [0, 0.1) is 0 Å². The Hall–Kier alpha value is -8.98. The van der Waals surface area contributed by atoms with Gasteiger partial charge in [-0.2, -0.15) is 0 Å². The highest BCUT2D eigenvalue weighted by molar-refractivity contribution is 6.15. The number of benzene rings is 11. The van der Waals surface area contributed by atoms with Crippen LogP contribution in [-0.4, -0.2) is 9.13 Å². The topological polar surface area (TPSA) is 9.86 Å². The summed E-state index contributed by atoms with van der Waals surface area (Å²) in [5.74, 6) is 0. The van der Waals surface area contributed by atoms with E-state index >= 15 is 0 Å². The summed E-state index contributed by atoms with van der Waals surface area (Å²) in [6.45, 7) is 0. The van der Waals surface area contributed by atoms with Gasteiger partial charge in [-0.15, -0.1) is 0 Å². The monoisotopic (exact) mass is 876 g/mol. The third-order valence-corrected chi connectivity index (χ3v) is 14.8. The fraction of sp³-hybridized carbons (Fsp3) is 0.0149. The van der Waals surface area contributed by atoms with E-state index in [0.29, 0.717) is 0 Å². The van der Waals surface area contributed by atoms with Crippen LogP contribution >= 0.6 is 0 Å². The summed E-state index contributed by atoms with van der Waals surface area (Å²) in [6.07, 6.45) is 0. The van der Waals surface area contributed by atoms with Gasteiger partial charge in [-0.3, -0.25) is 0 Å². The molecule has 322 valence electrons. The largest absolute Gasteiger partial charge is 0.309 e. The van der Waals surface area contributed by atoms with Crippen molar-refractivity contribution in [3.63, 3.8) is 0 Å². The summed E-state index contributed by atoms with van der Waals surface area (Å²) < 4.78 is 4.97. The first-order chi connectivity index (χ1) is 34.2. The molecule has 0 unspecified atom stereocenters. The molecule has 2 heterocycles. The third kappa shape index (κ3) is 5.92. The lowest BCUT2D eigenvalue weighted by molar-refractivity contribution is 0.772. The molecule has 0 saturated heterocycles. The second-order valence-corrected chi connectivity index (χ2v) is 18.4. The standard InChI is InChI=1S/C67H44N2/c1-5-18-45(19-6-1)47-32-36-53(37-33-47)68-62-31-16-14-29-56(62)59-43-49(34-40-63(59)68)50-35-41-64-60(44-50)58-39-38-57-55-28-13-15-30-61(55)67(51-23-9-3-10-24-51,52-25-11-4-12-26-52)65(57)66(58)69(64)54-27-17-22-48(42-54)46-20-7-2-8-21-46/h1-44H. The van der Waals surface area contributed by atoms with E-state index in [4.69, 9.17) is 0 Å². The van der Waals surface area contributed by atoms with Crippen LogP contribution in [0.3, 0.4) is 0 Å². The number of nitrogens with zero attached hydrogens (tertiary/aromatic N) is 2. The number of fused-ring (bicyclic) bond motifs is 10. The SMILES string of the molecule is c1ccc(-c2ccc(-n3c4ccccc4c4cc(-c5ccc6c(c5)c5ccc7c(c5n6-c5cccc(-c6ccccc6)c5)C(c5ccccc5)(c5ccccc5)c5ccccc5-7)ccc43)cc2)cc1. The Bertz CT molecular complexity index is 4050. The summed E-state index contributed by atoms with van der Waals surface area (Å²) in [5.41, 5.74) is 21.4. The van der Waals surface area contributed by atoms with Gasteiger partial charge >= 0.3 is 0 Å². The summed E-state index contributed by atoms with van der Waals surface area (Å²) in [4.78, 5) is 0. The maximum absolute atomic E-state index is 2.56. The molecule has 2 heteroatoms. The second-order valence-electron chi connectivity index (χ2n) is 18.4. The number of hydrogen-bond acceptors (Lipinski definition) is 0. The van der Waals surface area contributed by atoms with Gasteiger partial charge < -0.3 is 9.13 Å². The highest BCUT2D eigenvalue weighted by Crippen LogP contribution is 2.59. The van der Waals surface area contributed by atoms with Gasteiger partial charge in [-0.1, -0.05) is 212 Å². The molecule has 0 bridgehead atoms. The number of para-hydroxylation sites is 1. The Morgan fingerprint density at radius 2 is 0.754 bits per heavy atom. The van der Waals surface area contributed by atoms with E-state index in [-0.39, 0.29) is 0 Å². The van der Waals surface area contributed by atoms with Crippen LogP contribution in [0.4, 0.5) is 0 Å². The fourth-order valence-corrected chi connectivity index (χ4v) is 11.8. The third-order valence-electron chi connectivity index (χ3n) is 14.8. The van der Waals surface area contributed by atoms with Crippen molar-refractivity contribution >= 4 is 43.6 Å². The van der Waals surface area contributed by atoms with Crippen molar-refractivity contribution in [2.75, 3.05) is 0 Å². The molecule has 1 aliphatic carbocycles. The van der Waals surface area contributed by atoms with E-state index in [2.05, 4.69) is 276 Å². The van der Waals surface area contributed by atoms with Gasteiger partial charge in [0.1, 0.15) is 0 Å². The van der Waals surface area contributed by atoms with Crippen LogP contribution in [0.1, 0.15) is 22.3 Å². The Balaban J connectivity index is 1.02. The minimum Gasteiger partial charge on any atom is -0.309 e. The Morgan fingerprint density at radius 1 is 0.261 bits per heavy atom. The highest BCUT2D eigenvalue weighted by atomic mass is 15.0. The molecule has 0 spiro atoms. The van der Waals surface area contributed by atoms with Crippen molar-refractivity contribution in [3.05, 3.63) is 289 Å². The Labute approximate surface area is 401 Å². The van der Waals surface area contributed by atoms with Gasteiger partial charge in [-0.25, -0.2) is 0 Å². The van der Waals surface area contributed by atoms with Crippen LogP contribution < -0.4 is 0 Å². The van der Waals surface area contributed by atoms with E-state index < -0.39 is 5.41 Å². The van der Waals surface area contributed by atoms with Crippen molar-refractivity contribution in [2.24, 2.45) is 0 Å². The lowest BCUT2D eigenvalue weighted by atomic mass is 9.67. The number of aromatic nitrogens is 2. The van der Waals surface area contributed by atoms with Crippen LogP contribution in [0.25, 0.3) is 99.5 Å². The maximum atomic E-state index is 2.56. The lowest BCUT2D eigenvalue weighted by Gasteiger charge is -2.34. The zero-order valence-corrected chi connectivity index (χ0v) is 37.8. The van der Waals surface area contributed by atoms with Gasteiger partial charge in [0.15, 0.2) is 0 Å². The van der Waals surface area contributed by atoms with E-state index in [9.17, 15) is 0 Å². The lowest BCUT2D eigenvalue weighted by Crippen LogP contribution is -2.29. The Kier molecular flexibility index (Phi) is 8.84. The van der Waals surface area contributed by atoms with E-state index in [1.807, 2.05) is 0 Å². The van der Waals surface area contributed by atoms with Crippen molar-refractivity contribution in [1.29, 1.82) is 0 Å². The van der Waals surface area contributed by atoms with E-state index in [1.165, 1.54) is 110 Å². The summed E-state index contributed by atoms with van der Waals surface area (Å²) in [7, 11) is 0. The molecule has 0 aliphatic heterocycles. The summed E-state index contributed by atoms with van der Waals surface area (Å²) in [5, 5.41) is 4.94. The van der Waals surface area contributed by atoms with Crippen molar-refractivity contribution in [3.8, 4) is 55.9 Å². The molecule has 0 amide bonds. The Morgan fingerprint density at radius 3 is 1.43 bits per heavy atom. The maximum Gasteiger partial charge on any atom is 0.0734 e. The van der Waals surface area contributed by atoms with Crippen LogP contribution in [-0.2, 0) is 5.41 Å². The van der Waals surface area contributed by atoms with E-state index in [1.54, 1.807) is 0 Å². The first kappa shape index (κ1) is 39.2. The van der Waals surface area contributed by atoms with Crippen molar-refractivity contribution < 1.29 is 0 Å². The molecule has 14 rings (SSSR count). The predicted molar refractivity (Wildman–Crippen MR) is 289 cm³/mol. The molecule has 1 aliphatic rings. The molecule has 2 aromatic heterocycles. The molecule has 0 atom stereocenters. The van der Waals surface area contributed by atoms with Crippen molar-refractivity contribution in [1.82, 2.24) is 9.13 Å². The van der Waals surface area contributed by atoms with E-state index in [0.717, 1.165) is 11.4 Å². The highest BCUT2D eigenvalue weighted by Gasteiger charge is 2.48. The molecular formula is C67H44N2. The molecule has 0 fully saturated rings. The van der Waals surface area contributed by atoms with Gasteiger partial charge in [-0.05, 0) is 116 Å². The normalized spacial score (nSPS) is 12.8. The quantitative estimate of drug-likeness (QED) is 0.151. The average molecular weight is 877 g/mol. The fourth-order valence-electron chi connectivity index (χ4n) is 11.8. The molecular weight excluding hydrogens is 833 g/mol. The molecule has 13 aromatic rings. The first-order valence-electron chi connectivity index (χ1n) is 23.9. The minimum absolute atomic E-state index is 0.582. The van der Waals surface area contributed by atoms with Crippen molar-refractivity contribution in [2.45, 2.75) is 5.41 Å². The molecule has 0 N–H and O–H groups in total. The molecule has 69 heavy (non-hydrogen) atoms. The summed E-state index contributed by atoms with van der Waals surface area (Å²) >= 11 is 0. The minimum atomic E-state index is -0.582. The summed E-state index contributed by atoms with van der Waals surface area (Å²) in [6, 6.07) is 98.6. The van der Waals surface area contributed by atoms with Gasteiger partial charge in [0.05, 0.1) is 27.5 Å². The molecule has 0 radical (unpaired) electrons. The molecule has 2 nitrogen and oxygen atoms in total. The number of hydrogen-bond donors (Lipinski definition) is 0. The van der Waals surface area contributed by atoms with Crippen LogP contribution in [0.5, 0.6) is 0 Å². The smallest absolute Gasteiger partial charge is 0.0734 e.